The number of carbonyl (C=O) groups is 1. The van der Waals surface area contributed by atoms with Crippen LogP contribution < -0.4 is 5.32 Å². The summed E-state index contributed by atoms with van der Waals surface area (Å²) in [6.45, 7) is 8.15. The molecular weight excluding hydrogens is 210 g/mol. The number of benzene rings is 1. The normalized spacial score (nSPS) is 11.3. The number of carbonyl (C=O) groups excluding carboxylic acids is 1. The summed E-state index contributed by atoms with van der Waals surface area (Å²) in [7, 11) is 0. The summed E-state index contributed by atoms with van der Waals surface area (Å²) >= 11 is 0. The van der Waals surface area contributed by atoms with E-state index in [2.05, 4.69) is 12.2 Å². The minimum atomic E-state index is -0.183. The predicted octanol–water partition coefficient (Wildman–Crippen LogP) is 3.56. The highest BCUT2D eigenvalue weighted by Gasteiger charge is 2.14. The third-order valence-corrected chi connectivity index (χ3v) is 2.52. The Morgan fingerprint density at radius 2 is 1.76 bits per heavy atom. The number of aryl methyl sites for hydroxylation is 1. The third kappa shape index (κ3) is 5.03. The van der Waals surface area contributed by atoms with Crippen molar-refractivity contribution in [1.29, 1.82) is 0 Å². The number of unbranched alkanes of at least 4 members (excludes halogenated alkanes) is 1. The fourth-order valence-electron chi connectivity index (χ4n) is 1.62. The topological polar surface area (TPSA) is 29.1 Å². The molecule has 0 heterocycles. The smallest absolute Gasteiger partial charge is 0.251 e. The molecule has 0 aliphatic heterocycles. The number of hydrogen-bond acceptors (Lipinski definition) is 1. The molecule has 0 fully saturated rings. The van der Waals surface area contributed by atoms with Gasteiger partial charge in [-0.3, -0.25) is 4.79 Å². The van der Waals surface area contributed by atoms with Crippen LogP contribution in [0.15, 0.2) is 24.3 Å². The zero-order chi connectivity index (χ0) is 12.9. The lowest BCUT2D eigenvalue weighted by Gasteiger charge is -2.20. The quantitative estimate of drug-likeness (QED) is 0.846. The fourth-order valence-corrected chi connectivity index (χ4v) is 1.62. The zero-order valence-corrected chi connectivity index (χ0v) is 11.3. The van der Waals surface area contributed by atoms with Crippen LogP contribution in [-0.4, -0.2) is 11.4 Å². The Kier molecular flexibility index (Phi) is 4.73. The van der Waals surface area contributed by atoms with Crippen LogP contribution in [0.2, 0.25) is 0 Å². The van der Waals surface area contributed by atoms with Crippen molar-refractivity contribution >= 4 is 5.91 Å². The van der Waals surface area contributed by atoms with Gasteiger partial charge in [-0.25, -0.2) is 0 Å². The summed E-state index contributed by atoms with van der Waals surface area (Å²) in [5, 5.41) is 2.96. The van der Waals surface area contributed by atoms with Gasteiger partial charge in [0.25, 0.3) is 5.91 Å². The lowest BCUT2D eigenvalue weighted by Crippen LogP contribution is -2.40. The van der Waals surface area contributed by atoms with Crippen molar-refractivity contribution in [3.8, 4) is 0 Å². The van der Waals surface area contributed by atoms with Crippen LogP contribution >= 0.6 is 0 Å². The van der Waals surface area contributed by atoms with Gasteiger partial charge in [-0.05, 0) is 51.3 Å². The molecule has 0 unspecified atom stereocenters. The van der Waals surface area contributed by atoms with E-state index >= 15 is 0 Å². The second-order valence-electron chi connectivity index (χ2n) is 5.50. The van der Waals surface area contributed by atoms with Crippen molar-refractivity contribution in [3.05, 3.63) is 35.4 Å². The molecule has 0 bridgehead atoms. The second-order valence-corrected chi connectivity index (χ2v) is 5.50. The van der Waals surface area contributed by atoms with E-state index in [4.69, 9.17) is 0 Å². The minimum absolute atomic E-state index is 0.000425. The summed E-state index contributed by atoms with van der Waals surface area (Å²) in [4.78, 5) is 11.9. The first kappa shape index (κ1) is 13.8. The van der Waals surface area contributed by atoms with E-state index in [0.29, 0.717) is 0 Å². The van der Waals surface area contributed by atoms with Crippen molar-refractivity contribution in [2.24, 2.45) is 0 Å². The standard InChI is InChI=1S/C15H23NO/c1-5-6-7-12-8-10-13(11-9-12)14(17)16-15(2,3)4/h8-11H,5-7H2,1-4H3,(H,16,17). The van der Waals surface area contributed by atoms with Crippen molar-refractivity contribution < 1.29 is 4.79 Å². The zero-order valence-electron chi connectivity index (χ0n) is 11.3. The van der Waals surface area contributed by atoms with Crippen molar-refractivity contribution in [3.63, 3.8) is 0 Å². The van der Waals surface area contributed by atoms with Crippen molar-refractivity contribution in [1.82, 2.24) is 5.32 Å². The van der Waals surface area contributed by atoms with Gasteiger partial charge in [0.1, 0.15) is 0 Å². The van der Waals surface area contributed by atoms with Crippen LogP contribution in [0.1, 0.15) is 56.5 Å². The van der Waals surface area contributed by atoms with Crippen molar-refractivity contribution in [2.75, 3.05) is 0 Å². The summed E-state index contributed by atoms with van der Waals surface area (Å²) in [6.07, 6.45) is 3.50. The molecule has 1 rings (SSSR count). The summed E-state index contributed by atoms with van der Waals surface area (Å²) < 4.78 is 0. The highest BCUT2D eigenvalue weighted by molar-refractivity contribution is 5.94. The van der Waals surface area contributed by atoms with Crippen LogP contribution in [0.5, 0.6) is 0 Å². The minimum Gasteiger partial charge on any atom is -0.347 e. The average molecular weight is 233 g/mol. The first-order valence-corrected chi connectivity index (χ1v) is 6.34. The molecule has 1 N–H and O–H groups in total. The number of hydrogen-bond donors (Lipinski definition) is 1. The first-order chi connectivity index (χ1) is 7.92. The number of amides is 1. The number of rotatable bonds is 4. The molecule has 1 amide bonds. The average Bonchev–Trinajstić information content (AvgIpc) is 2.24. The van der Waals surface area contributed by atoms with Gasteiger partial charge in [-0.2, -0.15) is 0 Å². The van der Waals surface area contributed by atoms with Crippen LogP contribution in [0, 0.1) is 0 Å². The van der Waals surface area contributed by atoms with Gasteiger partial charge in [0.15, 0.2) is 0 Å². The molecule has 1 aromatic carbocycles. The van der Waals surface area contributed by atoms with E-state index in [1.54, 1.807) is 0 Å². The highest BCUT2D eigenvalue weighted by Crippen LogP contribution is 2.09. The van der Waals surface area contributed by atoms with Gasteiger partial charge in [-0.1, -0.05) is 25.5 Å². The molecule has 2 nitrogen and oxygen atoms in total. The van der Waals surface area contributed by atoms with E-state index in [9.17, 15) is 4.79 Å². The molecule has 0 saturated heterocycles. The van der Waals surface area contributed by atoms with Gasteiger partial charge in [0, 0.05) is 11.1 Å². The molecule has 0 radical (unpaired) electrons. The molecule has 0 atom stereocenters. The van der Waals surface area contributed by atoms with Crippen molar-refractivity contribution in [2.45, 2.75) is 52.5 Å². The van der Waals surface area contributed by atoms with E-state index in [1.165, 1.54) is 18.4 Å². The fraction of sp³-hybridized carbons (Fsp3) is 0.533. The van der Waals surface area contributed by atoms with E-state index in [1.807, 2.05) is 45.0 Å². The summed E-state index contributed by atoms with van der Waals surface area (Å²) in [5.41, 5.74) is 1.86. The molecule has 2 heteroatoms. The monoisotopic (exact) mass is 233 g/mol. The molecule has 0 aliphatic carbocycles. The molecule has 0 aromatic heterocycles. The molecular formula is C15H23NO. The van der Waals surface area contributed by atoms with Gasteiger partial charge in [0.05, 0.1) is 0 Å². The Morgan fingerprint density at radius 1 is 1.18 bits per heavy atom. The van der Waals surface area contributed by atoms with Gasteiger partial charge in [-0.15, -0.1) is 0 Å². The Balaban J connectivity index is 2.64. The lowest BCUT2D eigenvalue weighted by molar-refractivity contribution is 0.0919. The van der Waals surface area contributed by atoms with Gasteiger partial charge in [0.2, 0.25) is 0 Å². The first-order valence-electron chi connectivity index (χ1n) is 6.34. The maximum absolute atomic E-state index is 11.9. The van der Waals surface area contributed by atoms with Gasteiger partial charge >= 0.3 is 0 Å². The highest BCUT2D eigenvalue weighted by atomic mass is 16.1. The maximum atomic E-state index is 11.9. The number of nitrogens with one attached hydrogen (secondary N) is 1. The molecule has 1 aromatic rings. The molecule has 0 spiro atoms. The lowest BCUT2D eigenvalue weighted by atomic mass is 10.0. The third-order valence-electron chi connectivity index (χ3n) is 2.52. The van der Waals surface area contributed by atoms with Crippen LogP contribution in [0.3, 0.4) is 0 Å². The Bertz CT molecular complexity index is 360. The maximum Gasteiger partial charge on any atom is 0.251 e. The SMILES string of the molecule is CCCCc1ccc(C(=O)NC(C)(C)C)cc1. The summed E-state index contributed by atoms with van der Waals surface area (Å²) in [6, 6.07) is 7.92. The van der Waals surface area contributed by atoms with E-state index in [-0.39, 0.29) is 11.4 Å². The molecule has 0 saturated carbocycles. The second kappa shape index (κ2) is 5.85. The Hall–Kier alpha value is -1.31. The van der Waals surface area contributed by atoms with Crippen LogP contribution in [0.4, 0.5) is 0 Å². The largest absolute Gasteiger partial charge is 0.347 e. The van der Waals surface area contributed by atoms with Crippen LogP contribution in [0.25, 0.3) is 0 Å². The predicted molar refractivity (Wildman–Crippen MR) is 72.3 cm³/mol. The van der Waals surface area contributed by atoms with E-state index in [0.717, 1.165) is 12.0 Å². The van der Waals surface area contributed by atoms with Crippen LogP contribution in [-0.2, 0) is 6.42 Å². The Morgan fingerprint density at radius 3 is 2.24 bits per heavy atom. The molecule has 94 valence electrons. The Labute approximate surface area is 104 Å². The molecule has 0 aliphatic rings. The molecule has 17 heavy (non-hydrogen) atoms. The van der Waals surface area contributed by atoms with E-state index < -0.39 is 0 Å². The summed E-state index contributed by atoms with van der Waals surface area (Å²) in [5.74, 6) is -0.000425. The van der Waals surface area contributed by atoms with Gasteiger partial charge < -0.3 is 5.32 Å².